The third-order valence-electron chi connectivity index (χ3n) is 3.45. The molecule has 1 aromatic rings. The maximum absolute atomic E-state index is 12.3. The number of nitrogens with zero attached hydrogens (tertiary/aromatic N) is 2. The molecule has 1 atom stereocenters. The van der Waals surface area contributed by atoms with E-state index >= 15 is 0 Å². The van der Waals surface area contributed by atoms with Crippen molar-refractivity contribution in [2.24, 2.45) is 0 Å². The average Bonchev–Trinajstić information content (AvgIpc) is 2.38. The molecule has 1 aliphatic heterocycles. The molecule has 2 rings (SSSR count). The van der Waals surface area contributed by atoms with Crippen LogP contribution in [-0.4, -0.2) is 59.6 Å². The van der Waals surface area contributed by atoms with Crippen LogP contribution in [0.15, 0.2) is 24.3 Å². The van der Waals surface area contributed by atoms with Crippen LogP contribution >= 0.6 is 0 Å². The Kier molecular flexibility index (Phi) is 4.56. The number of carbonyl (C=O) groups is 1. The number of hydrogen-bond donors (Lipinski definition) is 1. The summed E-state index contributed by atoms with van der Waals surface area (Å²) in [5.41, 5.74) is 1.88. The molecule has 4 nitrogen and oxygen atoms in total. The van der Waals surface area contributed by atoms with Crippen LogP contribution in [-0.2, 0) is 0 Å². The minimum absolute atomic E-state index is 0.111. The molecule has 0 aliphatic carbocycles. The minimum Gasteiger partial charge on any atom is -0.392 e. The Bertz CT molecular complexity index is 438. The summed E-state index contributed by atoms with van der Waals surface area (Å²) in [4.78, 5) is 16.4. The number of rotatable bonds is 3. The highest BCUT2D eigenvalue weighted by Gasteiger charge is 2.22. The number of amides is 1. The third-order valence-corrected chi connectivity index (χ3v) is 3.45. The number of aliphatic hydroxyl groups is 1. The molecule has 0 bridgehead atoms. The van der Waals surface area contributed by atoms with Crippen molar-refractivity contribution < 1.29 is 9.90 Å². The molecule has 1 fully saturated rings. The summed E-state index contributed by atoms with van der Waals surface area (Å²) in [6.45, 7) is 7.62. The lowest BCUT2D eigenvalue weighted by atomic mass is 10.1. The number of β-amino-alcohol motifs (C(OH)–C–C–N with tert-alkyl or cyclic N) is 1. The Hall–Kier alpha value is -1.39. The fraction of sp³-hybridized carbons (Fsp3) is 0.533. The lowest BCUT2D eigenvalue weighted by Gasteiger charge is -2.35. The van der Waals surface area contributed by atoms with E-state index in [9.17, 15) is 9.90 Å². The quantitative estimate of drug-likeness (QED) is 0.888. The predicted molar refractivity (Wildman–Crippen MR) is 75.2 cm³/mol. The first-order valence-electron chi connectivity index (χ1n) is 6.82. The topological polar surface area (TPSA) is 43.8 Å². The molecule has 1 aromatic carbocycles. The molecule has 0 spiro atoms. The lowest BCUT2D eigenvalue weighted by Crippen LogP contribution is -2.50. The summed E-state index contributed by atoms with van der Waals surface area (Å²) in [5, 5.41) is 9.37. The van der Waals surface area contributed by atoms with Crippen molar-refractivity contribution >= 4 is 5.91 Å². The molecule has 0 saturated carbocycles. The molecule has 0 aromatic heterocycles. The van der Waals surface area contributed by atoms with Crippen molar-refractivity contribution in [1.82, 2.24) is 9.80 Å². The van der Waals surface area contributed by atoms with Gasteiger partial charge in [0.2, 0.25) is 0 Å². The van der Waals surface area contributed by atoms with Crippen molar-refractivity contribution in [2.75, 3.05) is 32.7 Å². The Labute approximate surface area is 114 Å². The number of piperazine rings is 1. The minimum atomic E-state index is -0.306. The number of hydrogen-bond acceptors (Lipinski definition) is 3. The van der Waals surface area contributed by atoms with E-state index < -0.39 is 0 Å². The van der Waals surface area contributed by atoms with Gasteiger partial charge < -0.3 is 10.0 Å². The standard InChI is InChI=1S/C15H22N2O2/c1-12-4-3-5-14(10-12)15(19)17-8-6-16(7-9-17)11-13(2)18/h3-5,10,13,18H,6-9,11H2,1-2H3. The second-order valence-electron chi connectivity index (χ2n) is 5.31. The van der Waals surface area contributed by atoms with Gasteiger partial charge in [-0.3, -0.25) is 9.69 Å². The van der Waals surface area contributed by atoms with E-state index in [-0.39, 0.29) is 12.0 Å². The van der Waals surface area contributed by atoms with Gasteiger partial charge in [0.1, 0.15) is 0 Å². The average molecular weight is 262 g/mol. The largest absolute Gasteiger partial charge is 0.392 e. The smallest absolute Gasteiger partial charge is 0.253 e. The summed E-state index contributed by atoms with van der Waals surface area (Å²) >= 11 is 0. The van der Waals surface area contributed by atoms with Crippen LogP contribution in [0.2, 0.25) is 0 Å². The second-order valence-corrected chi connectivity index (χ2v) is 5.31. The van der Waals surface area contributed by atoms with Crippen LogP contribution in [0.5, 0.6) is 0 Å². The molecule has 0 radical (unpaired) electrons. The Morgan fingerprint density at radius 1 is 1.32 bits per heavy atom. The lowest BCUT2D eigenvalue weighted by molar-refractivity contribution is 0.0554. The maximum Gasteiger partial charge on any atom is 0.253 e. The van der Waals surface area contributed by atoms with Gasteiger partial charge in [-0.1, -0.05) is 17.7 Å². The van der Waals surface area contributed by atoms with Crippen molar-refractivity contribution in [1.29, 1.82) is 0 Å². The van der Waals surface area contributed by atoms with Crippen LogP contribution in [0.25, 0.3) is 0 Å². The highest BCUT2D eigenvalue weighted by molar-refractivity contribution is 5.94. The first-order valence-corrected chi connectivity index (χ1v) is 6.82. The Morgan fingerprint density at radius 3 is 2.58 bits per heavy atom. The molecular formula is C15H22N2O2. The first kappa shape index (κ1) is 14.0. The number of benzene rings is 1. The third kappa shape index (κ3) is 3.78. The number of aliphatic hydroxyl groups excluding tert-OH is 1. The van der Waals surface area contributed by atoms with E-state index in [1.807, 2.05) is 36.1 Å². The second kappa shape index (κ2) is 6.17. The fourth-order valence-corrected chi connectivity index (χ4v) is 2.47. The molecule has 4 heteroatoms. The summed E-state index contributed by atoms with van der Waals surface area (Å²) in [6, 6.07) is 7.73. The van der Waals surface area contributed by atoms with E-state index in [0.29, 0.717) is 6.54 Å². The zero-order valence-electron chi connectivity index (χ0n) is 11.7. The summed E-state index contributed by atoms with van der Waals surface area (Å²) in [5.74, 6) is 0.111. The molecule has 1 saturated heterocycles. The van der Waals surface area contributed by atoms with Crippen LogP contribution < -0.4 is 0 Å². The number of carbonyl (C=O) groups excluding carboxylic acids is 1. The molecule has 19 heavy (non-hydrogen) atoms. The SMILES string of the molecule is Cc1cccc(C(=O)N2CCN(CC(C)O)CC2)c1. The molecule has 1 unspecified atom stereocenters. The number of aryl methyl sites for hydroxylation is 1. The van der Waals surface area contributed by atoms with Gasteiger partial charge in [0.15, 0.2) is 0 Å². The highest BCUT2D eigenvalue weighted by atomic mass is 16.3. The molecular weight excluding hydrogens is 240 g/mol. The highest BCUT2D eigenvalue weighted by Crippen LogP contribution is 2.10. The summed E-state index contributed by atoms with van der Waals surface area (Å²) < 4.78 is 0. The molecule has 104 valence electrons. The van der Waals surface area contributed by atoms with Crippen molar-refractivity contribution in [3.8, 4) is 0 Å². The van der Waals surface area contributed by atoms with E-state index in [0.717, 1.165) is 37.3 Å². The van der Waals surface area contributed by atoms with Crippen LogP contribution in [0.4, 0.5) is 0 Å². The van der Waals surface area contributed by atoms with Gasteiger partial charge >= 0.3 is 0 Å². The molecule has 1 amide bonds. The molecule has 1 heterocycles. The van der Waals surface area contributed by atoms with Crippen molar-refractivity contribution in [3.05, 3.63) is 35.4 Å². The van der Waals surface area contributed by atoms with Gasteiger partial charge in [0.25, 0.3) is 5.91 Å². The van der Waals surface area contributed by atoms with Crippen LogP contribution in [0.3, 0.4) is 0 Å². The van der Waals surface area contributed by atoms with E-state index in [4.69, 9.17) is 0 Å². The van der Waals surface area contributed by atoms with Gasteiger partial charge in [0, 0.05) is 38.3 Å². The first-order chi connectivity index (χ1) is 9.06. The monoisotopic (exact) mass is 262 g/mol. The Morgan fingerprint density at radius 2 is 2.00 bits per heavy atom. The summed E-state index contributed by atoms with van der Waals surface area (Å²) in [7, 11) is 0. The van der Waals surface area contributed by atoms with Gasteiger partial charge in [-0.15, -0.1) is 0 Å². The van der Waals surface area contributed by atoms with Gasteiger partial charge in [-0.25, -0.2) is 0 Å². The Balaban J connectivity index is 1.92. The molecule has 1 aliphatic rings. The van der Waals surface area contributed by atoms with Gasteiger partial charge in [-0.05, 0) is 26.0 Å². The zero-order chi connectivity index (χ0) is 13.8. The van der Waals surface area contributed by atoms with Crippen LogP contribution in [0, 0.1) is 6.92 Å². The van der Waals surface area contributed by atoms with E-state index in [1.54, 1.807) is 6.92 Å². The van der Waals surface area contributed by atoms with E-state index in [2.05, 4.69) is 4.90 Å². The van der Waals surface area contributed by atoms with Crippen molar-refractivity contribution in [2.45, 2.75) is 20.0 Å². The van der Waals surface area contributed by atoms with Crippen molar-refractivity contribution in [3.63, 3.8) is 0 Å². The summed E-state index contributed by atoms with van der Waals surface area (Å²) in [6.07, 6.45) is -0.306. The maximum atomic E-state index is 12.3. The fourth-order valence-electron chi connectivity index (χ4n) is 2.47. The van der Waals surface area contributed by atoms with Gasteiger partial charge in [-0.2, -0.15) is 0 Å². The van der Waals surface area contributed by atoms with E-state index in [1.165, 1.54) is 0 Å². The normalized spacial score (nSPS) is 18.4. The zero-order valence-corrected chi connectivity index (χ0v) is 11.7. The predicted octanol–water partition coefficient (Wildman–Crippen LogP) is 1.13. The van der Waals surface area contributed by atoms with Crippen LogP contribution in [0.1, 0.15) is 22.8 Å². The van der Waals surface area contributed by atoms with Gasteiger partial charge in [0.05, 0.1) is 6.10 Å². The molecule has 1 N–H and O–H groups in total.